The second-order valence-electron chi connectivity index (χ2n) is 1.64. The van der Waals surface area contributed by atoms with Crippen LogP contribution in [0.4, 0.5) is 0 Å². The summed E-state index contributed by atoms with van der Waals surface area (Å²) in [5.41, 5.74) is 0.965. The van der Waals surface area contributed by atoms with Gasteiger partial charge in [-0.25, -0.2) is 0 Å². The van der Waals surface area contributed by atoms with Gasteiger partial charge in [-0.3, -0.25) is 0 Å². The molecule has 0 aromatic heterocycles. The molecular formula is C7H10Na2O. The summed E-state index contributed by atoms with van der Waals surface area (Å²) in [4.78, 5) is 0. The Morgan fingerprint density at radius 3 is 1.80 bits per heavy atom. The van der Waals surface area contributed by atoms with E-state index in [1.807, 2.05) is 30.3 Å². The van der Waals surface area contributed by atoms with Crippen molar-refractivity contribution in [3.63, 3.8) is 0 Å². The van der Waals surface area contributed by atoms with Gasteiger partial charge in [-0.2, -0.15) is 0 Å². The van der Waals surface area contributed by atoms with Crippen LogP contribution in [0.5, 0.6) is 0 Å². The molecule has 0 aliphatic carbocycles. The van der Waals surface area contributed by atoms with Crippen LogP contribution in [-0.2, 0) is 6.61 Å². The van der Waals surface area contributed by atoms with Gasteiger partial charge in [0.05, 0.1) is 6.61 Å². The second kappa shape index (κ2) is 8.28. The Hall–Kier alpha value is 1.18. The zero-order chi connectivity index (χ0) is 5.82. The molecule has 0 aliphatic heterocycles. The van der Waals surface area contributed by atoms with E-state index in [1.54, 1.807) is 0 Å². The van der Waals surface area contributed by atoms with Gasteiger partial charge in [0, 0.05) is 0 Å². The molecule has 0 atom stereocenters. The van der Waals surface area contributed by atoms with E-state index in [4.69, 9.17) is 5.11 Å². The van der Waals surface area contributed by atoms with Crippen LogP contribution < -0.4 is 0 Å². The molecule has 0 spiro atoms. The van der Waals surface area contributed by atoms with Gasteiger partial charge < -0.3 is 5.11 Å². The van der Waals surface area contributed by atoms with E-state index in [0.717, 1.165) is 5.56 Å². The summed E-state index contributed by atoms with van der Waals surface area (Å²) in [6.45, 7) is 0.140. The first-order valence-corrected chi connectivity index (χ1v) is 2.58. The standard InChI is InChI=1S/C7H8O.2Na.2H/c8-6-7-4-2-1-3-5-7;;;;/h1-5,8H,6H2;;;;. The number of aliphatic hydroxyl groups excluding tert-OH is 1. The van der Waals surface area contributed by atoms with E-state index in [0.29, 0.717) is 0 Å². The average Bonchev–Trinajstić information content (AvgIpc) is 1.90. The van der Waals surface area contributed by atoms with Crippen molar-refractivity contribution in [2.45, 2.75) is 6.61 Å². The van der Waals surface area contributed by atoms with Crippen molar-refractivity contribution < 1.29 is 5.11 Å². The van der Waals surface area contributed by atoms with Crippen molar-refractivity contribution in [3.05, 3.63) is 35.9 Å². The third-order valence-corrected chi connectivity index (χ3v) is 1.03. The maximum atomic E-state index is 8.54. The molecular weight excluding hydrogens is 146 g/mol. The quantitative estimate of drug-likeness (QED) is 0.562. The fourth-order valence-electron chi connectivity index (χ4n) is 0.583. The molecule has 0 heterocycles. The van der Waals surface area contributed by atoms with E-state index < -0.39 is 0 Å². The molecule has 1 aromatic rings. The minimum atomic E-state index is 0. The first-order chi connectivity index (χ1) is 3.93. The summed E-state index contributed by atoms with van der Waals surface area (Å²) in [5.74, 6) is 0. The number of rotatable bonds is 1. The van der Waals surface area contributed by atoms with Gasteiger partial charge in [0.25, 0.3) is 0 Å². The summed E-state index contributed by atoms with van der Waals surface area (Å²) < 4.78 is 0. The summed E-state index contributed by atoms with van der Waals surface area (Å²) in [6, 6.07) is 9.52. The van der Waals surface area contributed by atoms with Gasteiger partial charge >= 0.3 is 59.1 Å². The fourth-order valence-corrected chi connectivity index (χ4v) is 0.583. The molecule has 0 fully saturated rings. The molecule has 46 valence electrons. The van der Waals surface area contributed by atoms with Crippen LogP contribution >= 0.6 is 0 Å². The molecule has 0 radical (unpaired) electrons. The van der Waals surface area contributed by atoms with Crippen molar-refractivity contribution in [2.75, 3.05) is 0 Å². The first-order valence-electron chi connectivity index (χ1n) is 2.58. The summed E-state index contributed by atoms with van der Waals surface area (Å²) in [7, 11) is 0. The van der Waals surface area contributed by atoms with Gasteiger partial charge in [-0.05, 0) is 5.56 Å². The Bertz CT molecular complexity index is 153. The topological polar surface area (TPSA) is 20.2 Å². The molecule has 1 N–H and O–H groups in total. The number of hydrogen-bond donors (Lipinski definition) is 1. The van der Waals surface area contributed by atoms with Crippen molar-refractivity contribution in [3.8, 4) is 0 Å². The molecule has 0 aliphatic rings. The van der Waals surface area contributed by atoms with Crippen LogP contribution in [0, 0.1) is 0 Å². The third kappa shape index (κ3) is 4.91. The molecule has 0 saturated heterocycles. The molecule has 0 bridgehead atoms. The molecule has 0 saturated carbocycles. The summed E-state index contributed by atoms with van der Waals surface area (Å²) in [6.07, 6.45) is 0. The van der Waals surface area contributed by atoms with Crippen LogP contribution in [0.3, 0.4) is 0 Å². The molecule has 0 amide bonds. The van der Waals surface area contributed by atoms with Crippen molar-refractivity contribution in [2.24, 2.45) is 0 Å². The van der Waals surface area contributed by atoms with Gasteiger partial charge in [-0.15, -0.1) is 0 Å². The van der Waals surface area contributed by atoms with E-state index in [-0.39, 0.29) is 65.7 Å². The average molecular weight is 156 g/mol. The Balaban J connectivity index is 0. The zero-order valence-corrected chi connectivity index (χ0v) is 4.54. The van der Waals surface area contributed by atoms with Crippen molar-refractivity contribution in [1.29, 1.82) is 0 Å². The summed E-state index contributed by atoms with van der Waals surface area (Å²) in [5, 5.41) is 8.54. The van der Waals surface area contributed by atoms with Crippen LogP contribution in [-0.4, -0.2) is 64.2 Å². The van der Waals surface area contributed by atoms with Crippen LogP contribution in [0.1, 0.15) is 5.56 Å². The molecule has 1 aromatic carbocycles. The number of benzene rings is 1. The predicted molar refractivity (Wildman–Crippen MR) is 46.7 cm³/mol. The Kier molecular flexibility index (Phi) is 11.4. The van der Waals surface area contributed by atoms with Crippen LogP contribution in [0.2, 0.25) is 0 Å². The van der Waals surface area contributed by atoms with E-state index >= 15 is 0 Å². The van der Waals surface area contributed by atoms with Gasteiger partial charge in [0.2, 0.25) is 0 Å². The third-order valence-electron chi connectivity index (χ3n) is 1.03. The van der Waals surface area contributed by atoms with Crippen LogP contribution in [0.15, 0.2) is 30.3 Å². The van der Waals surface area contributed by atoms with Crippen molar-refractivity contribution >= 4 is 59.1 Å². The number of hydrogen-bond acceptors (Lipinski definition) is 1. The van der Waals surface area contributed by atoms with E-state index in [9.17, 15) is 0 Å². The van der Waals surface area contributed by atoms with Crippen LogP contribution in [0.25, 0.3) is 0 Å². The molecule has 3 heteroatoms. The Morgan fingerprint density at radius 1 is 1.00 bits per heavy atom. The second-order valence-corrected chi connectivity index (χ2v) is 1.64. The Morgan fingerprint density at radius 2 is 1.50 bits per heavy atom. The fraction of sp³-hybridized carbons (Fsp3) is 0.143. The molecule has 10 heavy (non-hydrogen) atoms. The number of aliphatic hydroxyl groups is 1. The Labute approximate surface area is 105 Å². The van der Waals surface area contributed by atoms with Gasteiger partial charge in [0.15, 0.2) is 0 Å². The predicted octanol–water partition coefficient (Wildman–Crippen LogP) is -0.118. The molecule has 0 unspecified atom stereocenters. The van der Waals surface area contributed by atoms with Crippen molar-refractivity contribution in [1.82, 2.24) is 0 Å². The summed E-state index contributed by atoms with van der Waals surface area (Å²) >= 11 is 0. The first kappa shape index (κ1) is 13.7. The van der Waals surface area contributed by atoms with E-state index in [2.05, 4.69) is 0 Å². The normalized spacial score (nSPS) is 7.30. The molecule has 1 rings (SSSR count). The maximum absolute atomic E-state index is 8.54. The van der Waals surface area contributed by atoms with Gasteiger partial charge in [0.1, 0.15) is 0 Å². The zero-order valence-electron chi connectivity index (χ0n) is 4.54. The van der Waals surface area contributed by atoms with Gasteiger partial charge in [-0.1, -0.05) is 30.3 Å². The SMILES string of the molecule is OCc1ccccc1.[NaH].[NaH]. The molecule has 1 nitrogen and oxygen atoms in total. The monoisotopic (exact) mass is 156 g/mol. The van der Waals surface area contributed by atoms with E-state index in [1.165, 1.54) is 0 Å². The minimum absolute atomic E-state index is 0.